The predicted molar refractivity (Wildman–Crippen MR) is 81.2 cm³/mol. The van der Waals surface area contributed by atoms with Gasteiger partial charge in [-0.05, 0) is 26.7 Å². The quantitative estimate of drug-likeness (QED) is 0.206. The summed E-state index contributed by atoms with van der Waals surface area (Å²) in [7, 11) is 0. The van der Waals surface area contributed by atoms with Crippen LogP contribution >= 0.6 is 0 Å². The summed E-state index contributed by atoms with van der Waals surface area (Å²) in [6, 6.07) is -0.868. The number of carbonyl (C=O) groups excluding carboxylic acids is 3. The Labute approximate surface area is 131 Å². The van der Waals surface area contributed by atoms with Crippen molar-refractivity contribution in [3.8, 4) is 0 Å². The van der Waals surface area contributed by atoms with Gasteiger partial charge in [-0.15, -0.1) is 0 Å². The van der Waals surface area contributed by atoms with Crippen molar-refractivity contribution in [3.63, 3.8) is 0 Å². The van der Waals surface area contributed by atoms with Crippen LogP contribution in [0.1, 0.15) is 59.3 Å². The number of ketones is 1. The van der Waals surface area contributed by atoms with E-state index in [1.807, 2.05) is 6.92 Å². The first kappa shape index (κ1) is 20.0. The van der Waals surface area contributed by atoms with Gasteiger partial charge in [0.25, 0.3) is 0 Å². The molecule has 0 saturated carbocycles. The average molecular weight is 311 g/mol. The summed E-state index contributed by atoms with van der Waals surface area (Å²) in [5.41, 5.74) is 8.28. The maximum atomic E-state index is 12.0. The first-order valence-corrected chi connectivity index (χ1v) is 7.60. The van der Waals surface area contributed by atoms with E-state index in [1.54, 1.807) is 13.8 Å². The van der Waals surface area contributed by atoms with Crippen LogP contribution in [0.2, 0.25) is 0 Å². The van der Waals surface area contributed by atoms with Crippen LogP contribution < -0.4 is 5.32 Å². The van der Waals surface area contributed by atoms with Gasteiger partial charge in [-0.2, -0.15) is 4.79 Å². The van der Waals surface area contributed by atoms with Crippen molar-refractivity contribution >= 4 is 23.9 Å². The second-order valence-electron chi connectivity index (χ2n) is 5.31. The van der Waals surface area contributed by atoms with Crippen molar-refractivity contribution in [2.24, 2.45) is 0 Å². The number of nitrogens with one attached hydrogen (secondary N) is 1. The van der Waals surface area contributed by atoms with Crippen molar-refractivity contribution in [2.75, 3.05) is 0 Å². The van der Waals surface area contributed by atoms with Crippen LogP contribution in [0.4, 0.5) is 0 Å². The number of unbranched alkanes of at least 4 members (excludes halogenated alkanes) is 2. The first-order valence-electron chi connectivity index (χ1n) is 7.60. The molecular weight excluding hydrogens is 286 g/mol. The summed E-state index contributed by atoms with van der Waals surface area (Å²) in [6.07, 6.45) is 3.60. The third kappa shape index (κ3) is 9.83. The van der Waals surface area contributed by atoms with E-state index in [9.17, 15) is 14.4 Å². The normalized spacial score (nSPS) is 11.5. The van der Waals surface area contributed by atoms with Gasteiger partial charge in [0.15, 0.2) is 0 Å². The Morgan fingerprint density at radius 2 is 1.91 bits per heavy atom. The van der Waals surface area contributed by atoms with Crippen molar-refractivity contribution in [2.45, 2.75) is 71.4 Å². The summed E-state index contributed by atoms with van der Waals surface area (Å²) >= 11 is 0. The number of Topliss-reactive ketones (excluding diaryl/α,β-unsaturated/α-hetero) is 1. The van der Waals surface area contributed by atoms with E-state index >= 15 is 0 Å². The minimum absolute atomic E-state index is 0.0167. The molecule has 124 valence electrons. The van der Waals surface area contributed by atoms with Gasteiger partial charge in [0, 0.05) is 12.8 Å². The molecule has 7 heteroatoms. The molecule has 0 bridgehead atoms. The van der Waals surface area contributed by atoms with Crippen LogP contribution in [0, 0.1) is 0 Å². The van der Waals surface area contributed by atoms with E-state index in [4.69, 9.17) is 10.3 Å². The number of carbonyl (C=O) groups is 3. The topological polar surface area (TPSA) is 109 Å². The minimum atomic E-state index is -0.868. The molecule has 0 heterocycles. The Hall–Kier alpha value is -2.01. The zero-order valence-electron chi connectivity index (χ0n) is 13.5. The van der Waals surface area contributed by atoms with Gasteiger partial charge in [-0.25, -0.2) is 4.79 Å². The van der Waals surface area contributed by atoms with Crippen LogP contribution in [-0.2, 0) is 19.1 Å². The van der Waals surface area contributed by atoms with E-state index in [1.165, 1.54) is 0 Å². The summed E-state index contributed by atoms with van der Waals surface area (Å²) in [4.78, 5) is 37.7. The van der Waals surface area contributed by atoms with Gasteiger partial charge in [0.05, 0.1) is 6.10 Å². The third-order valence-corrected chi connectivity index (χ3v) is 2.86. The highest BCUT2D eigenvalue weighted by Crippen LogP contribution is 2.05. The monoisotopic (exact) mass is 311 g/mol. The molecule has 22 heavy (non-hydrogen) atoms. The molecule has 0 fully saturated rings. The Kier molecular flexibility index (Phi) is 10.6. The lowest BCUT2D eigenvalue weighted by atomic mass is 10.1. The molecule has 0 aromatic heterocycles. The van der Waals surface area contributed by atoms with Gasteiger partial charge in [0.1, 0.15) is 6.04 Å². The smallest absolute Gasteiger partial charge is 0.328 e. The first-order chi connectivity index (χ1) is 10.4. The number of hydrogen-bond donors (Lipinski definition) is 1. The molecule has 1 atom stereocenters. The van der Waals surface area contributed by atoms with E-state index in [0.29, 0.717) is 6.42 Å². The van der Waals surface area contributed by atoms with Crippen molar-refractivity contribution in [3.05, 3.63) is 5.53 Å². The summed E-state index contributed by atoms with van der Waals surface area (Å²) < 4.78 is 5.08. The number of rotatable bonds is 11. The fraction of sp³-hybridized carbons (Fsp3) is 0.733. The van der Waals surface area contributed by atoms with E-state index < -0.39 is 17.8 Å². The Bertz CT molecular complexity index is 429. The van der Waals surface area contributed by atoms with Gasteiger partial charge in [-0.3, -0.25) is 9.59 Å². The lowest BCUT2D eigenvalue weighted by molar-refractivity contribution is -0.151. The highest BCUT2D eigenvalue weighted by molar-refractivity contribution is 6.25. The molecule has 0 aliphatic heterocycles. The van der Waals surface area contributed by atoms with Gasteiger partial charge in [-0.1, -0.05) is 19.8 Å². The Morgan fingerprint density at radius 1 is 1.23 bits per heavy atom. The molecule has 0 aromatic rings. The van der Waals surface area contributed by atoms with Crippen molar-refractivity contribution in [1.82, 2.24) is 5.32 Å². The molecule has 1 N–H and O–H groups in total. The molecule has 0 radical (unpaired) electrons. The number of nitrogens with zero attached hydrogens (tertiary/aromatic N) is 2. The molecule has 1 amide bonds. The van der Waals surface area contributed by atoms with Gasteiger partial charge < -0.3 is 15.6 Å². The molecule has 0 unspecified atom stereocenters. The SMILES string of the molecule is CCCCCC(=O)N[C@@H](CCC(=O)C=[N+]=[N-])C(=O)OC(C)C. The summed E-state index contributed by atoms with van der Waals surface area (Å²) in [5.74, 6) is -1.22. The highest BCUT2D eigenvalue weighted by atomic mass is 16.5. The molecule has 0 aliphatic carbocycles. The molecule has 0 rings (SSSR count). The number of ether oxygens (including phenoxy) is 1. The predicted octanol–water partition coefficient (Wildman–Crippen LogP) is 1.65. The van der Waals surface area contributed by atoms with E-state index in [-0.39, 0.29) is 24.9 Å². The van der Waals surface area contributed by atoms with Crippen LogP contribution in [0.25, 0.3) is 5.53 Å². The van der Waals surface area contributed by atoms with Crippen molar-refractivity contribution < 1.29 is 23.9 Å². The third-order valence-electron chi connectivity index (χ3n) is 2.86. The maximum Gasteiger partial charge on any atom is 0.328 e. The van der Waals surface area contributed by atoms with Crippen LogP contribution in [0.3, 0.4) is 0 Å². The largest absolute Gasteiger partial charge is 0.461 e. The Balaban J connectivity index is 4.57. The number of hydrogen-bond acceptors (Lipinski definition) is 4. The van der Waals surface area contributed by atoms with Gasteiger partial charge >= 0.3 is 12.2 Å². The zero-order chi connectivity index (χ0) is 17.0. The van der Waals surface area contributed by atoms with Crippen LogP contribution in [0.15, 0.2) is 0 Å². The molecular formula is C15H25N3O4. The van der Waals surface area contributed by atoms with Crippen molar-refractivity contribution in [1.29, 1.82) is 0 Å². The van der Waals surface area contributed by atoms with Crippen LogP contribution in [-0.4, -0.2) is 40.8 Å². The molecule has 7 nitrogen and oxygen atoms in total. The molecule has 0 aromatic carbocycles. The standard InChI is InChI=1S/C15H25N3O4/c1-4-5-6-7-14(20)18-13(15(21)22-11(2)3)9-8-12(19)10-17-16/h10-11,13H,4-9H2,1-3H3,(H,18,20)/t13-/m0/s1. The minimum Gasteiger partial charge on any atom is -0.461 e. The van der Waals surface area contributed by atoms with Gasteiger partial charge in [0.2, 0.25) is 11.7 Å². The van der Waals surface area contributed by atoms with Crippen LogP contribution in [0.5, 0.6) is 0 Å². The van der Waals surface area contributed by atoms with E-state index in [2.05, 4.69) is 10.1 Å². The fourth-order valence-electron chi connectivity index (χ4n) is 1.78. The maximum absolute atomic E-state index is 12.0. The summed E-state index contributed by atoms with van der Waals surface area (Å²) in [6.45, 7) is 5.46. The lowest BCUT2D eigenvalue weighted by Gasteiger charge is -2.18. The average Bonchev–Trinajstić information content (AvgIpc) is 2.43. The summed E-state index contributed by atoms with van der Waals surface area (Å²) in [5, 5.41) is 2.61. The fourth-order valence-corrected chi connectivity index (χ4v) is 1.78. The Morgan fingerprint density at radius 3 is 2.45 bits per heavy atom. The second kappa shape index (κ2) is 11.6. The second-order valence-corrected chi connectivity index (χ2v) is 5.31. The number of amides is 1. The van der Waals surface area contributed by atoms with E-state index in [0.717, 1.165) is 25.5 Å². The zero-order valence-corrected chi connectivity index (χ0v) is 13.5. The highest BCUT2D eigenvalue weighted by Gasteiger charge is 2.24. The molecule has 0 saturated heterocycles. The lowest BCUT2D eigenvalue weighted by Crippen LogP contribution is -2.42. The molecule has 0 spiro atoms. The molecule has 0 aliphatic rings. The number of esters is 1.